The smallest absolute Gasteiger partial charge is 0.395 e. The molecule has 0 saturated carbocycles. The van der Waals surface area contributed by atoms with Crippen LogP contribution in [0.3, 0.4) is 0 Å². The fraction of sp³-hybridized carbons (Fsp3) is 0.692. The van der Waals surface area contributed by atoms with Crippen LogP contribution in [0.25, 0.3) is 0 Å². The second kappa shape index (κ2) is 7.44. The molecule has 0 spiro atoms. The van der Waals surface area contributed by atoms with Gasteiger partial charge in [-0.25, -0.2) is 9.97 Å². The molecule has 0 amide bonds. The third-order valence-corrected chi connectivity index (χ3v) is 2.82. The van der Waals surface area contributed by atoms with E-state index in [1.54, 1.807) is 0 Å². The first-order valence-electron chi connectivity index (χ1n) is 6.81. The number of rotatable bonds is 7. The Bertz CT molecular complexity index is 452. The van der Waals surface area contributed by atoms with Crippen LogP contribution in [-0.4, -0.2) is 47.5 Å². The molecule has 0 unspecified atom stereocenters. The maximum Gasteiger partial charge on any atom is 0.405 e. The van der Waals surface area contributed by atoms with E-state index in [0.29, 0.717) is 17.9 Å². The van der Waals surface area contributed by atoms with Crippen molar-refractivity contribution in [2.24, 2.45) is 0 Å². The highest BCUT2D eigenvalue weighted by Gasteiger charge is 2.32. The first kappa shape index (κ1) is 17.5. The Morgan fingerprint density at radius 2 is 2.00 bits per heavy atom. The lowest BCUT2D eigenvalue weighted by atomic mass is 10.0. The highest BCUT2D eigenvalue weighted by molar-refractivity contribution is 5.60. The molecule has 120 valence electrons. The molecule has 1 heterocycles. The van der Waals surface area contributed by atoms with Crippen molar-refractivity contribution in [3.63, 3.8) is 0 Å². The van der Waals surface area contributed by atoms with Gasteiger partial charge in [-0.15, -0.1) is 0 Å². The molecule has 8 heteroatoms. The van der Waals surface area contributed by atoms with Gasteiger partial charge < -0.3 is 15.3 Å². The molecule has 0 aromatic carbocycles. The molecule has 21 heavy (non-hydrogen) atoms. The van der Waals surface area contributed by atoms with E-state index in [1.807, 2.05) is 20.8 Å². The van der Waals surface area contributed by atoms with Gasteiger partial charge in [0.25, 0.3) is 0 Å². The van der Waals surface area contributed by atoms with E-state index >= 15 is 0 Å². The number of aromatic nitrogens is 2. The number of hydrogen-bond donors (Lipinski definition) is 2. The van der Waals surface area contributed by atoms with E-state index in [4.69, 9.17) is 5.11 Å². The van der Waals surface area contributed by atoms with Gasteiger partial charge in [-0.3, -0.25) is 0 Å². The topological polar surface area (TPSA) is 61.3 Å². The van der Waals surface area contributed by atoms with Gasteiger partial charge in [0.15, 0.2) is 0 Å². The van der Waals surface area contributed by atoms with Crippen LogP contribution >= 0.6 is 0 Å². The van der Waals surface area contributed by atoms with Crippen LogP contribution in [0.15, 0.2) is 6.33 Å². The first-order valence-corrected chi connectivity index (χ1v) is 6.81. The molecule has 1 aromatic rings. The minimum atomic E-state index is -4.37. The number of nitrogens with zero attached hydrogens (tertiary/aromatic N) is 3. The number of anilines is 2. The first-order chi connectivity index (χ1) is 9.80. The monoisotopic (exact) mass is 306 g/mol. The second-order valence-electron chi connectivity index (χ2n) is 4.90. The Labute approximate surface area is 122 Å². The van der Waals surface area contributed by atoms with Gasteiger partial charge in [0, 0.05) is 18.7 Å². The number of aliphatic hydroxyl groups excluding tert-OH is 1. The van der Waals surface area contributed by atoms with Crippen LogP contribution in [-0.2, 0) is 0 Å². The standard InChI is InChI=1S/C13H21F3N4O/c1-4-17-11-10(9(2)3)12(19-8-18-11)20(5-6-21)7-13(14,15)16/h8-9,21H,4-7H2,1-3H3,(H,17,18,19). The molecule has 2 N–H and O–H groups in total. The zero-order valence-electron chi connectivity index (χ0n) is 12.4. The van der Waals surface area contributed by atoms with Crippen molar-refractivity contribution in [3.05, 3.63) is 11.9 Å². The van der Waals surface area contributed by atoms with Crippen molar-refractivity contribution < 1.29 is 18.3 Å². The van der Waals surface area contributed by atoms with Crippen molar-refractivity contribution in [2.45, 2.75) is 32.9 Å². The minimum Gasteiger partial charge on any atom is -0.395 e. The van der Waals surface area contributed by atoms with Crippen molar-refractivity contribution in [1.82, 2.24) is 9.97 Å². The molecule has 0 aliphatic carbocycles. The lowest BCUT2D eigenvalue weighted by Crippen LogP contribution is -2.37. The van der Waals surface area contributed by atoms with E-state index in [2.05, 4.69) is 15.3 Å². The summed E-state index contributed by atoms with van der Waals surface area (Å²) in [6.07, 6.45) is -3.13. The van der Waals surface area contributed by atoms with Crippen LogP contribution in [0.2, 0.25) is 0 Å². The maximum absolute atomic E-state index is 12.7. The van der Waals surface area contributed by atoms with Gasteiger partial charge in [0.2, 0.25) is 0 Å². The third-order valence-electron chi connectivity index (χ3n) is 2.82. The zero-order chi connectivity index (χ0) is 16.0. The molecule has 0 aliphatic rings. The summed E-state index contributed by atoms with van der Waals surface area (Å²) in [7, 11) is 0. The van der Waals surface area contributed by atoms with E-state index < -0.39 is 12.7 Å². The Morgan fingerprint density at radius 1 is 1.33 bits per heavy atom. The highest BCUT2D eigenvalue weighted by Crippen LogP contribution is 2.32. The van der Waals surface area contributed by atoms with E-state index in [-0.39, 0.29) is 24.9 Å². The van der Waals surface area contributed by atoms with Gasteiger partial charge >= 0.3 is 6.18 Å². The largest absolute Gasteiger partial charge is 0.405 e. The zero-order valence-corrected chi connectivity index (χ0v) is 12.4. The average molecular weight is 306 g/mol. The molecule has 1 rings (SSSR count). The van der Waals surface area contributed by atoms with Gasteiger partial charge in [0.1, 0.15) is 24.5 Å². The molecule has 0 radical (unpaired) electrons. The van der Waals surface area contributed by atoms with Gasteiger partial charge in [-0.2, -0.15) is 13.2 Å². The Balaban J connectivity index is 3.26. The number of hydrogen-bond acceptors (Lipinski definition) is 5. The van der Waals surface area contributed by atoms with E-state index in [0.717, 1.165) is 4.90 Å². The van der Waals surface area contributed by atoms with Crippen LogP contribution in [0.1, 0.15) is 32.3 Å². The van der Waals surface area contributed by atoms with E-state index in [9.17, 15) is 13.2 Å². The molecule has 0 aliphatic heterocycles. The van der Waals surface area contributed by atoms with Crippen LogP contribution in [0.4, 0.5) is 24.8 Å². The molecule has 5 nitrogen and oxygen atoms in total. The summed E-state index contributed by atoms with van der Waals surface area (Å²) in [5.74, 6) is 0.689. The Hall–Kier alpha value is -1.57. The van der Waals surface area contributed by atoms with Crippen molar-refractivity contribution >= 4 is 11.6 Å². The summed E-state index contributed by atoms with van der Waals surface area (Å²) in [6, 6.07) is 0. The summed E-state index contributed by atoms with van der Waals surface area (Å²) in [5.41, 5.74) is 0.622. The van der Waals surface area contributed by atoms with Crippen LogP contribution < -0.4 is 10.2 Å². The summed E-state index contributed by atoms with van der Waals surface area (Å²) in [6.45, 7) is 4.55. The summed E-state index contributed by atoms with van der Waals surface area (Å²) in [4.78, 5) is 9.15. The summed E-state index contributed by atoms with van der Waals surface area (Å²) in [5, 5.41) is 12.1. The molecule has 0 bridgehead atoms. The van der Waals surface area contributed by atoms with Gasteiger partial charge in [-0.1, -0.05) is 13.8 Å². The minimum absolute atomic E-state index is 0.0512. The average Bonchev–Trinajstić information content (AvgIpc) is 2.36. The number of nitrogens with one attached hydrogen (secondary N) is 1. The third kappa shape index (κ3) is 5.04. The maximum atomic E-state index is 12.7. The molecule has 0 saturated heterocycles. The summed E-state index contributed by atoms with van der Waals surface area (Å²) >= 11 is 0. The highest BCUT2D eigenvalue weighted by atomic mass is 19.4. The van der Waals surface area contributed by atoms with Crippen LogP contribution in [0.5, 0.6) is 0 Å². The molecule has 0 fully saturated rings. The van der Waals surface area contributed by atoms with Gasteiger partial charge in [0.05, 0.1) is 6.61 Å². The van der Waals surface area contributed by atoms with E-state index in [1.165, 1.54) is 6.33 Å². The van der Waals surface area contributed by atoms with Crippen molar-refractivity contribution in [2.75, 3.05) is 36.5 Å². The molecular formula is C13H21F3N4O. The lowest BCUT2D eigenvalue weighted by molar-refractivity contribution is -0.120. The predicted molar refractivity (Wildman–Crippen MR) is 75.6 cm³/mol. The Kier molecular flexibility index (Phi) is 6.19. The predicted octanol–water partition coefficient (Wildman–Crippen LogP) is 2.39. The fourth-order valence-corrected chi connectivity index (χ4v) is 2.08. The van der Waals surface area contributed by atoms with Crippen LogP contribution in [0, 0.1) is 0 Å². The Morgan fingerprint density at radius 3 is 2.48 bits per heavy atom. The SMILES string of the molecule is CCNc1ncnc(N(CCO)CC(F)(F)F)c1C(C)C. The summed E-state index contributed by atoms with van der Waals surface area (Å²) < 4.78 is 38.1. The van der Waals surface area contributed by atoms with Gasteiger partial charge in [-0.05, 0) is 12.8 Å². The fourth-order valence-electron chi connectivity index (χ4n) is 2.08. The molecule has 0 atom stereocenters. The molecular weight excluding hydrogens is 285 g/mol. The number of halogens is 3. The number of alkyl halides is 3. The lowest BCUT2D eigenvalue weighted by Gasteiger charge is -2.28. The quantitative estimate of drug-likeness (QED) is 0.810. The van der Waals surface area contributed by atoms with Crippen molar-refractivity contribution in [1.29, 1.82) is 0 Å². The normalized spacial score (nSPS) is 11.8. The molecule has 1 aromatic heterocycles. The second-order valence-corrected chi connectivity index (χ2v) is 4.90. The van der Waals surface area contributed by atoms with Crippen molar-refractivity contribution in [3.8, 4) is 0 Å². The number of aliphatic hydroxyl groups is 1.